The second kappa shape index (κ2) is 9.29. The van der Waals surface area contributed by atoms with Crippen LogP contribution >= 0.6 is 0 Å². The fourth-order valence-electron chi connectivity index (χ4n) is 3.52. The van der Waals surface area contributed by atoms with Crippen LogP contribution in [-0.4, -0.2) is 52.7 Å². The number of rotatable bonds is 7. The lowest BCUT2D eigenvalue weighted by Gasteiger charge is -2.19. The van der Waals surface area contributed by atoms with Crippen LogP contribution in [0.2, 0.25) is 0 Å². The monoisotopic (exact) mass is 434 g/mol. The third-order valence-corrected chi connectivity index (χ3v) is 5.13. The maximum atomic E-state index is 12.5. The highest BCUT2D eigenvalue weighted by Crippen LogP contribution is 2.32. The lowest BCUT2D eigenvalue weighted by atomic mass is 10.1. The molecular formula is C22H22N6O4. The summed E-state index contributed by atoms with van der Waals surface area (Å²) in [6.07, 6.45) is 3.09. The topological polar surface area (TPSA) is 118 Å². The predicted octanol–water partition coefficient (Wildman–Crippen LogP) is 1.38. The van der Waals surface area contributed by atoms with Gasteiger partial charge in [0, 0.05) is 18.7 Å². The summed E-state index contributed by atoms with van der Waals surface area (Å²) in [5, 5.41) is 9.38. The zero-order chi connectivity index (χ0) is 22.5. The first kappa shape index (κ1) is 21.0. The number of carbonyl (C=O) groups is 3. The summed E-state index contributed by atoms with van der Waals surface area (Å²) in [6, 6.07) is 14.2. The fourth-order valence-corrected chi connectivity index (χ4v) is 3.52. The van der Waals surface area contributed by atoms with Gasteiger partial charge >= 0.3 is 0 Å². The van der Waals surface area contributed by atoms with Crippen molar-refractivity contribution in [1.29, 1.82) is 0 Å². The van der Waals surface area contributed by atoms with Crippen molar-refractivity contribution in [3.05, 3.63) is 61.2 Å². The number of nitrogens with zero attached hydrogens (tertiary/aromatic N) is 4. The van der Waals surface area contributed by atoms with Gasteiger partial charge in [0.2, 0.25) is 17.7 Å². The zero-order valence-corrected chi connectivity index (χ0v) is 17.4. The van der Waals surface area contributed by atoms with Gasteiger partial charge in [0.1, 0.15) is 18.4 Å². The highest BCUT2D eigenvalue weighted by atomic mass is 16.5. The van der Waals surface area contributed by atoms with E-state index in [9.17, 15) is 14.4 Å². The Hall–Kier alpha value is -4.21. The van der Waals surface area contributed by atoms with E-state index in [0.717, 1.165) is 5.69 Å². The van der Waals surface area contributed by atoms with Crippen molar-refractivity contribution in [1.82, 2.24) is 20.1 Å². The molecule has 1 fully saturated rings. The number of methoxy groups -OCH3 is 1. The Morgan fingerprint density at radius 2 is 1.94 bits per heavy atom. The summed E-state index contributed by atoms with van der Waals surface area (Å²) < 4.78 is 6.91. The van der Waals surface area contributed by atoms with E-state index in [2.05, 4.69) is 20.7 Å². The average Bonchev–Trinajstić information content (AvgIpc) is 3.48. The Morgan fingerprint density at radius 3 is 2.66 bits per heavy atom. The Balaban J connectivity index is 1.29. The summed E-state index contributed by atoms with van der Waals surface area (Å²) >= 11 is 0. The number of ether oxygens (including phenoxy) is 1. The molecular weight excluding hydrogens is 412 g/mol. The van der Waals surface area contributed by atoms with Crippen LogP contribution in [0.15, 0.2) is 61.2 Å². The van der Waals surface area contributed by atoms with E-state index in [-0.39, 0.29) is 37.2 Å². The maximum absolute atomic E-state index is 12.5. The molecule has 0 saturated carbocycles. The van der Waals surface area contributed by atoms with Gasteiger partial charge in [-0.3, -0.25) is 14.4 Å². The van der Waals surface area contributed by atoms with Crippen LogP contribution in [0.3, 0.4) is 0 Å². The van der Waals surface area contributed by atoms with Crippen LogP contribution in [0, 0.1) is 5.92 Å². The molecule has 1 aromatic heterocycles. The van der Waals surface area contributed by atoms with Gasteiger partial charge in [-0.2, -0.15) is 5.10 Å². The molecule has 0 bridgehead atoms. The molecule has 2 N–H and O–H groups in total. The SMILES string of the molecule is COc1ccccc1N1CC(C(=O)NCC(=O)Nc2ccc(-n3cncn3)cc2)CC1=O. The lowest BCUT2D eigenvalue weighted by Crippen LogP contribution is -2.37. The highest BCUT2D eigenvalue weighted by molar-refractivity contribution is 6.02. The molecule has 3 aromatic rings. The number of anilines is 2. The summed E-state index contributed by atoms with van der Waals surface area (Å²) in [5.74, 6) is -0.838. The summed E-state index contributed by atoms with van der Waals surface area (Å²) in [6.45, 7) is 0.0411. The number of amides is 3. The van der Waals surface area contributed by atoms with Gasteiger partial charge in [0.15, 0.2) is 0 Å². The van der Waals surface area contributed by atoms with E-state index >= 15 is 0 Å². The molecule has 3 amide bonds. The van der Waals surface area contributed by atoms with Crippen molar-refractivity contribution in [2.45, 2.75) is 6.42 Å². The molecule has 1 saturated heterocycles. The second-order valence-corrected chi connectivity index (χ2v) is 7.23. The predicted molar refractivity (Wildman–Crippen MR) is 116 cm³/mol. The minimum absolute atomic E-state index is 0.0786. The molecule has 2 aromatic carbocycles. The standard InChI is InChI=1S/C22H22N6O4/c1-32-19-5-3-2-4-18(19)27-12-15(10-21(27)30)22(31)24-11-20(29)26-16-6-8-17(9-7-16)28-14-23-13-25-28/h2-9,13-15H,10-12H2,1H3,(H,24,31)(H,26,29). The van der Waals surface area contributed by atoms with E-state index in [1.54, 1.807) is 58.4 Å². The molecule has 4 rings (SSSR count). The quantitative estimate of drug-likeness (QED) is 0.580. The molecule has 2 heterocycles. The molecule has 10 nitrogen and oxygen atoms in total. The first-order valence-corrected chi connectivity index (χ1v) is 10.0. The number of nitrogens with one attached hydrogen (secondary N) is 2. The third kappa shape index (κ3) is 4.59. The van der Waals surface area contributed by atoms with E-state index < -0.39 is 5.92 Å². The van der Waals surface area contributed by atoms with Crippen LogP contribution < -0.4 is 20.3 Å². The van der Waals surface area contributed by atoms with Gasteiger partial charge in [-0.1, -0.05) is 12.1 Å². The van der Waals surface area contributed by atoms with Gasteiger partial charge < -0.3 is 20.3 Å². The number of carbonyl (C=O) groups excluding carboxylic acids is 3. The van der Waals surface area contributed by atoms with Crippen molar-refractivity contribution >= 4 is 29.1 Å². The Kier molecular flexibility index (Phi) is 6.11. The minimum atomic E-state index is -0.540. The normalized spacial score (nSPS) is 15.5. The molecule has 1 aliphatic rings. The van der Waals surface area contributed by atoms with Crippen LogP contribution in [0.4, 0.5) is 11.4 Å². The van der Waals surface area contributed by atoms with E-state index in [4.69, 9.17) is 4.74 Å². The van der Waals surface area contributed by atoms with E-state index in [0.29, 0.717) is 17.1 Å². The largest absolute Gasteiger partial charge is 0.495 e. The molecule has 1 atom stereocenters. The third-order valence-electron chi connectivity index (χ3n) is 5.13. The molecule has 0 spiro atoms. The number of hydrogen-bond acceptors (Lipinski definition) is 6. The first-order chi connectivity index (χ1) is 15.5. The van der Waals surface area contributed by atoms with Crippen LogP contribution in [0.25, 0.3) is 5.69 Å². The number of para-hydroxylation sites is 2. The van der Waals surface area contributed by atoms with Gasteiger partial charge in [-0.05, 0) is 36.4 Å². The Morgan fingerprint density at radius 1 is 1.16 bits per heavy atom. The summed E-state index contributed by atoms with van der Waals surface area (Å²) in [4.78, 5) is 42.7. The molecule has 1 unspecified atom stereocenters. The van der Waals surface area contributed by atoms with Crippen molar-refractivity contribution in [2.24, 2.45) is 5.92 Å². The molecule has 1 aliphatic heterocycles. The van der Waals surface area contributed by atoms with E-state index in [1.807, 2.05) is 6.07 Å². The Labute approximate surface area is 184 Å². The lowest BCUT2D eigenvalue weighted by molar-refractivity contribution is -0.127. The van der Waals surface area contributed by atoms with Gasteiger partial charge in [0.25, 0.3) is 0 Å². The molecule has 0 radical (unpaired) electrons. The van der Waals surface area contributed by atoms with Crippen molar-refractivity contribution in [3.63, 3.8) is 0 Å². The number of benzene rings is 2. The molecule has 10 heteroatoms. The second-order valence-electron chi connectivity index (χ2n) is 7.23. The number of aromatic nitrogens is 3. The fraction of sp³-hybridized carbons (Fsp3) is 0.227. The van der Waals surface area contributed by atoms with Gasteiger partial charge in [-0.25, -0.2) is 9.67 Å². The van der Waals surface area contributed by atoms with Crippen molar-refractivity contribution < 1.29 is 19.1 Å². The maximum Gasteiger partial charge on any atom is 0.243 e. The average molecular weight is 434 g/mol. The summed E-state index contributed by atoms with van der Waals surface area (Å²) in [5.41, 5.74) is 2.02. The van der Waals surface area contributed by atoms with Gasteiger partial charge in [0.05, 0.1) is 30.9 Å². The molecule has 32 heavy (non-hydrogen) atoms. The van der Waals surface area contributed by atoms with Crippen molar-refractivity contribution in [3.8, 4) is 11.4 Å². The first-order valence-electron chi connectivity index (χ1n) is 10.0. The summed E-state index contributed by atoms with van der Waals surface area (Å²) in [7, 11) is 1.53. The number of hydrogen-bond donors (Lipinski definition) is 2. The van der Waals surface area contributed by atoms with Crippen LogP contribution in [0.5, 0.6) is 5.75 Å². The minimum Gasteiger partial charge on any atom is -0.495 e. The smallest absolute Gasteiger partial charge is 0.243 e. The van der Waals surface area contributed by atoms with Crippen molar-refractivity contribution in [2.75, 3.05) is 30.4 Å². The van der Waals surface area contributed by atoms with Gasteiger partial charge in [-0.15, -0.1) is 0 Å². The zero-order valence-electron chi connectivity index (χ0n) is 17.4. The van der Waals surface area contributed by atoms with E-state index in [1.165, 1.54) is 13.4 Å². The molecule has 0 aliphatic carbocycles. The van der Waals surface area contributed by atoms with Crippen LogP contribution in [0.1, 0.15) is 6.42 Å². The van der Waals surface area contributed by atoms with Crippen LogP contribution in [-0.2, 0) is 14.4 Å². The molecule has 164 valence electrons. The Bertz CT molecular complexity index is 1110. The highest BCUT2D eigenvalue weighted by Gasteiger charge is 2.36.